The lowest BCUT2D eigenvalue weighted by Crippen LogP contribution is -2.39. The molecule has 1 aromatic rings. The van der Waals surface area contributed by atoms with Gasteiger partial charge in [0.25, 0.3) is 0 Å². The van der Waals surface area contributed by atoms with Crippen LogP contribution in [-0.4, -0.2) is 18.6 Å². The SMILES string of the molecule is CCOC(=O)C(N[C@@H](C)C1CCCC1)c1ccccc1. The zero-order chi connectivity index (χ0) is 14.4. The zero-order valence-corrected chi connectivity index (χ0v) is 12.5. The van der Waals surface area contributed by atoms with Crippen molar-refractivity contribution in [3.8, 4) is 0 Å². The van der Waals surface area contributed by atoms with Crippen molar-refractivity contribution in [2.75, 3.05) is 6.61 Å². The van der Waals surface area contributed by atoms with Crippen LogP contribution in [0.4, 0.5) is 0 Å². The van der Waals surface area contributed by atoms with E-state index in [1.54, 1.807) is 0 Å². The van der Waals surface area contributed by atoms with Gasteiger partial charge in [-0.25, -0.2) is 4.79 Å². The van der Waals surface area contributed by atoms with Crippen LogP contribution >= 0.6 is 0 Å². The molecule has 1 aliphatic rings. The standard InChI is InChI=1S/C17H25NO2/c1-3-20-17(19)16(15-11-5-4-6-12-15)18-13(2)14-9-7-8-10-14/h4-6,11-14,16,18H,3,7-10H2,1-2H3/t13-,16?/m0/s1. The van der Waals surface area contributed by atoms with Gasteiger partial charge in [0.15, 0.2) is 0 Å². The van der Waals surface area contributed by atoms with Crippen molar-refractivity contribution >= 4 is 5.97 Å². The number of carbonyl (C=O) groups excluding carboxylic acids is 1. The highest BCUT2D eigenvalue weighted by Crippen LogP contribution is 2.29. The lowest BCUT2D eigenvalue weighted by atomic mass is 9.97. The fourth-order valence-corrected chi connectivity index (χ4v) is 3.03. The molecule has 110 valence electrons. The van der Waals surface area contributed by atoms with E-state index in [1.165, 1.54) is 25.7 Å². The fraction of sp³-hybridized carbons (Fsp3) is 0.588. The van der Waals surface area contributed by atoms with Gasteiger partial charge in [-0.2, -0.15) is 0 Å². The zero-order valence-electron chi connectivity index (χ0n) is 12.5. The van der Waals surface area contributed by atoms with Crippen molar-refractivity contribution in [1.82, 2.24) is 5.32 Å². The average Bonchev–Trinajstić information content (AvgIpc) is 3.00. The summed E-state index contributed by atoms with van der Waals surface area (Å²) in [4.78, 5) is 12.2. The van der Waals surface area contributed by atoms with Crippen LogP contribution in [0, 0.1) is 5.92 Å². The van der Waals surface area contributed by atoms with E-state index in [2.05, 4.69) is 12.2 Å². The van der Waals surface area contributed by atoms with E-state index in [0.717, 1.165) is 5.56 Å². The summed E-state index contributed by atoms with van der Waals surface area (Å²) >= 11 is 0. The van der Waals surface area contributed by atoms with Crippen molar-refractivity contribution in [1.29, 1.82) is 0 Å². The van der Waals surface area contributed by atoms with Crippen molar-refractivity contribution in [2.24, 2.45) is 5.92 Å². The third-order valence-electron chi connectivity index (χ3n) is 4.19. The molecular weight excluding hydrogens is 250 g/mol. The van der Waals surface area contributed by atoms with Gasteiger partial charge in [0, 0.05) is 6.04 Å². The van der Waals surface area contributed by atoms with Crippen LogP contribution in [0.2, 0.25) is 0 Å². The van der Waals surface area contributed by atoms with Crippen molar-refractivity contribution in [3.05, 3.63) is 35.9 Å². The Labute approximate surface area is 121 Å². The molecule has 3 heteroatoms. The van der Waals surface area contributed by atoms with Gasteiger partial charge in [0.2, 0.25) is 0 Å². The van der Waals surface area contributed by atoms with E-state index in [-0.39, 0.29) is 12.0 Å². The molecule has 1 aromatic carbocycles. The Hall–Kier alpha value is -1.35. The Morgan fingerprint density at radius 1 is 1.30 bits per heavy atom. The van der Waals surface area contributed by atoms with Crippen LogP contribution in [0.5, 0.6) is 0 Å². The third kappa shape index (κ3) is 3.83. The summed E-state index contributed by atoms with van der Waals surface area (Å²) in [5.41, 5.74) is 0.982. The Morgan fingerprint density at radius 3 is 2.55 bits per heavy atom. The molecule has 3 nitrogen and oxygen atoms in total. The minimum absolute atomic E-state index is 0.177. The maximum Gasteiger partial charge on any atom is 0.327 e. The van der Waals surface area contributed by atoms with Crippen LogP contribution in [0.15, 0.2) is 30.3 Å². The van der Waals surface area contributed by atoms with Crippen LogP contribution in [-0.2, 0) is 9.53 Å². The second kappa shape index (κ2) is 7.44. The van der Waals surface area contributed by atoms with Gasteiger partial charge >= 0.3 is 5.97 Å². The van der Waals surface area contributed by atoms with Crippen LogP contribution in [0.25, 0.3) is 0 Å². The predicted octanol–water partition coefficient (Wildman–Crippen LogP) is 3.46. The Balaban J connectivity index is 2.08. The lowest BCUT2D eigenvalue weighted by Gasteiger charge is -2.26. The number of nitrogens with one attached hydrogen (secondary N) is 1. The number of hydrogen-bond acceptors (Lipinski definition) is 3. The van der Waals surface area contributed by atoms with Gasteiger partial charge < -0.3 is 4.74 Å². The summed E-state index contributed by atoms with van der Waals surface area (Å²) in [5, 5.41) is 3.49. The van der Waals surface area contributed by atoms with Gasteiger partial charge in [0.1, 0.15) is 6.04 Å². The highest BCUT2D eigenvalue weighted by molar-refractivity contribution is 5.77. The molecule has 0 aromatic heterocycles. The maximum absolute atomic E-state index is 12.2. The summed E-state index contributed by atoms with van der Waals surface area (Å²) in [6, 6.07) is 9.84. The topological polar surface area (TPSA) is 38.3 Å². The summed E-state index contributed by atoms with van der Waals surface area (Å²) in [6.07, 6.45) is 5.15. The molecular formula is C17H25NO2. The van der Waals surface area contributed by atoms with E-state index in [4.69, 9.17) is 4.74 Å². The van der Waals surface area contributed by atoms with Crippen LogP contribution in [0.1, 0.15) is 51.1 Å². The van der Waals surface area contributed by atoms with Crippen LogP contribution < -0.4 is 5.32 Å². The first-order chi connectivity index (χ1) is 9.72. The molecule has 2 rings (SSSR count). The summed E-state index contributed by atoms with van der Waals surface area (Å²) in [7, 11) is 0. The van der Waals surface area contributed by atoms with Crippen molar-refractivity contribution in [3.63, 3.8) is 0 Å². The number of hydrogen-bond donors (Lipinski definition) is 1. The first-order valence-corrected chi connectivity index (χ1v) is 7.70. The first kappa shape index (κ1) is 15.0. The van der Waals surface area contributed by atoms with Gasteiger partial charge in [-0.1, -0.05) is 43.2 Å². The molecule has 1 saturated carbocycles. The third-order valence-corrected chi connectivity index (χ3v) is 4.19. The Morgan fingerprint density at radius 2 is 1.95 bits per heavy atom. The first-order valence-electron chi connectivity index (χ1n) is 7.70. The average molecular weight is 275 g/mol. The summed E-state index contributed by atoms with van der Waals surface area (Å²) in [6.45, 7) is 4.45. The van der Waals surface area contributed by atoms with E-state index in [1.807, 2.05) is 37.3 Å². The number of benzene rings is 1. The minimum atomic E-state index is -0.355. The van der Waals surface area contributed by atoms with Crippen LogP contribution in [0.3, 0.4) is 0 Å². The fourth-order valence-electron chi connectivity index (χ4n) is 3.03. The molecule has 1 N–H and O–H groups in total. The van der Waals surface area contributed by atoms with Crippen molar-refractivity contribution < 1.29 is 9.53 Å². The molecule has 1 unspecified atom stereocenters. The van der Waals surface area contributed by atoms with Gasteiger partial charge in [-0.3, -0.25) is 5.32 Å². The van der Waals surface area contributed by atoms with E-state index >= 15 is 0 Å². The smallest absolute Gasteiger partial charge is 0.327 e. The van der Waals surface area contributed by atoms with E-state index < -0.39 is 0 Å². The Bertz CT molecular complexity index is 412. The normalized spacial score (nSPS) is 18.7. The predicted molar refractivity (Wildman–Crippen MR) is 80.4 cm³/mol. The van der Waals surface area contributed by atoms with E-state index in [0.29, 0.717) is 18.6 Å². The van der Waals surface area contributed by atoms with Gasteiger partial charge in [-0.05, 0) is 38.2 Å². The number of rotatable bonds is 6. The molecule has 0 aliphatic heterocycles. The highest BCUT2D eigenvalue weighted by Gasteiger charge is 2.28. The minimum Gasteiger partial charge on any atom is -0.465 e. The summed E-state index contributed by atoms with van der Waals surface area (Å²) < 4.78 is 5.22. The largest absolute Gasteiger partial charge is 0.465 e. The number of ether oxygens (including phenoxy) is 1. The molecule has 0 saturated heterocycles. The molecule has 2 atom stereocenters. The lowest BCUT2D eigenvalue weighted by molar-refractivity contribution is -0.146. The second-order valence-electron chi connectivity index (χ2n) is 5.60. The molecule has 20 heavy (non-hydrogen) atoms. The van der Waals surface area contributed by atoms with Gasteiger partial charge in [-0.15, -0.1) is 0 Å². The molecule has 1 fully saturated rings. The molecule has 1 aliphatic carbocycles. The highest BCUT2D eigenvalue weighted by atomic mass is 16.5. The maximum atomic E-state index is 12.2. The molecule has 0 heterocycles. The molecule has 0 bridgehead atoms. The monoisotopic (exact) mass is 275 g/mol. The second-order valence-corrected chi connectivity index (χ2v) is 5.60. The quantitative estimate of drug-likeness (QED) is 0.808. The molecule has 0 amide bonds. The number of esters is 1. The van der Waals surface area contributed by atoms with Gasteiger partial charge in [0.05, 0.1) is 6.61 Å². The molecule has 0 radical (unpaired) electrons. The summed E-state index contributed by atoms with van der Waals surface area (Å²) in [5.74, 6) is 0.499. The van der Waals surface area contributed by atoms with E-state index in [9.17, 15) is 4.79 Å². The van der Waals surface area contributed by atoms with Crippen molar-refractivity contribution in [2.45, 2.75) is 51.6 Å². The molecule has 0 spiro atoms. The Kier molecular flexibility index (Phi) is 5.60. The number of carbonyl (C=O) groups is 1.